The number of hydrogen-bond acceptors (Lipinski definition) is 3. The van der Waals surface area contributed by atoms with Crippen molar-refractivity contribution in [2.24, 2.45) is 0 Å². The molecule has 3 heteroatoms. The van der Waals surface area contributed by atoms with Crippen LogP contribution in [0.15, 0.2) is 18.2 Å². The minimum absolute atomic E-state index is 0.485. The molecule has 0 saturated carbocycles. The molecule has 0 amide bonds. The normalized spacial score (nSPS) is 9.41. The lowest BCUT2D eigenvalue weighted by atomic mass is 10.1. The smallest absolute Gasteiger partial charge is 0.0640 e. The molecule has 17 heavy (non-hydrogen) atoms. The average molecular weight is 227 g/mol. The van der Waals surface area contributed by atoms with Gasteiger partial charge in [0.25, 0.3) is 0 Å². The quantitative estimate of drug-likeness (QED) is 0.777. The van der Waals surface area contributed by atoms with Gasteiger partial charge in [-0.05, 0) is 25.5 Å². The van der Waals surface area contributed by atoms with Crippen molar-refractivity contribution in [1.29, 1.82) is 10.5 Å². The Labute approximate surface area is 103 Å². The molecule has 0 atom stereocenters. The summed E-state index contributed by atoms with van der Waals surface area (Å²) >= 11 is 0. The van der Waals surface area contributed by atoms with E-state index >= 15 is 0 Å². The topological polar surface area (TPSA) is 50.8 Å². The third kappa shape index (κ3) is 3.81. The third-order valence-electron chi connectivity index (χ3n) is 2.68. The van der Waals surface area contributed by atoms with Crippen LogP contribution in [0.4, 0.5) is 5.69 Å². The number of anilines is 1. The molecular weight excluding hydrogens is 210 g/mol. The highest BCUT2D eigenvalue weighted by Crippen LogP contribution is 2.21. The molecule has 0 heterocycles. The lowest BCUT2D eigenvalue weighted by Crippen LogP contribution is -2.26. The van der Waals surface area contributed by atoms with Crippen molar-refractivity contribution in [3.63, 3.8) is 0 Å². The molecule has 0 unspecified atom stereocenters. The maximum Gasteiger partial charge on any atom is 0.0640 e. The maximum atomic E-state index is 8.66. The van der Waals surface area contributed by atoms with Crippen LogP contribution in [0.1, 0.15) is 24.0 Å². The van der Waals surface area contributed by atoms with Crippen LogP contribution in [0.5, 0.6) is 0 Å². The van der Waals surface area contributed by atoms with Gasteiger partial charge < -0.3 is 4.90 Å². The third-order valence-corrected chi connectivity index (χ3v) is 2.68. The van der Waals surface area contributed by atoms with E-state index in [-0.39, 0.29) is 0 Å². The number of nitriles is 2. The highest BCUT2D eigenvalue weighted by molar-refractivity contribution is 5.54. The van der Waals surface area contributed by atoms with Gasteiger partial charge in [-0.3, -0.25) is 0 Å². The summed E-state index contributed by atoms with van der Waals surface area (Å²) in [5.41, 5.74) is 3.55. The van der Waals surface area contributed by atoms with Crippen molar-refractivity contribution in [2.45, 2.75) is 26.7 Å². The molecule has 88 valence electrons. The Morgan fingerprint density at radius 2 is 1.65 bits per heavy atom. The standard InChI is InChI=1S/C14H17N3/c1-12-5-6-14(13(2)11-12)17(9-3-7-15)10-4-8-16/h5-6,11H,3-4,9-10H2,1-2H3. The summed E-state index contributed by atoms with van der Waals surface area (Å²) in [6, 6.07) is 10.6. The van der Waals surface area contributed by atoms with Gasteiger partial charge in [0.05, 0.1) is 25.0 Å². The first-order valence-corrected chi connectivity index (χ1v) is 5.75. The van der Waals surface area contributed by atoms with Crippen molar-refractivity contribution in [3.8, 4) is 12.1 Å². The Hall–Kier alpha value is -2.00. The minimum atomic E-state index is 0.485. The van der Waals surface area contributed by atoms with Gasteiger partial charge in [-0.2, -0.15) is 10.5 Å². The summed E-state index contributed by atoms with van der Waals surface area (Å²) < 4.78 is 0. The summed E-state index contributed by atoms with van der Waals surface area (Å²) in [5.74, 6) is 0. The lowest BCUT2D eigenvalue weighted by Gasteiger charge is -2.24. The molecule has 0 radical (unpaired) electrons. The van der Waals surface area contributed by atoms with Crippen LogP contribution in [0, 0.1) is 36.5 Å². The average Bonchev–Trinajstić information content (AvgIpc) is 2.30. The molecule has 0 aliphatic heterocycles. The molecule has 0 fully saturated rings. The van der Waals surface area contributed by atoms with Gasteiger partial charge >= 0.3 is 0 Å². The molecule has 1 rings (SSSR count). The SMILES string of the molecule is Cc1ccc(N(CCC#N)CCC#N)c(C)c1. The van der Waals surface area contributed by atoms with E-state index < -0.39 is 0 Å². The Balaban J connectivity index is 2.88. The van der Waals surface area contributed by atoms with E-state index in [4.69, 9.17) is 10.5 Å². The van der Waals surface area contributed by atoms with E-state index in [1.54, 1.807) is 0 Å². The van der Waals surface area contributed by atoms with Gasteiger partial charge in [0.1, 0.15) is 0 Å². The summed E-state index contributed by atoms with van der Waals surface area (Å²) in [4.78, 5) is 2.11. The van der Waals surface area contributed by atoms with Crippen molar-refractivity contribution in [3.05, 3.63) is 29.3 Å². The largest absolute Gasteiger partial charge is 0.369 e. The van der Waals surface area contributed by atoms with Crippen molar-refractivity contribution >= 4 is 5.69 Å². The number of hydrogen-bond donors (Lipinski definition) is 0. The fourth-order valence-electron chi connectivity index (χ4n) is 1.88. The summed E-state index contributed by atoms with van der Waals surface area (Å²) in [5, 5.41) is 17.3. The van der Waals surface area contributed by atoms with Gasteiger partial charge in [-0.25, -0.2) is 0 Å². The Bertz CT molecular complexity index is 434. The number of aryl methyl sites for hydroxylation is 2. The van der Waals surface area contributed by atoms with Gasteiger partial charge in [-0.15, -0.1) is 0 Å². The second kappa shape index (κ2) is 6.55. The number of nitrogens with zero attached hydrogens (tertiary/aromatic N) is 3. The van der Waals surface area contributed by atoms with Crippen LogP contribution < -0.4 is 4.90 Å². The molecule has 1 aromatic rings. The molecule has 0 spiro atoms. The van der Waals surface area contributed by atoms with Crippen molar-refractivity contribution < 1.29 is 0 Å². The van der Waals surface area contributed by atoms with Gasteiger partial charge in [0.2, 0.25) is 0 Å². The van der Waals surface area contributed by atoms with E-state index in [0.717, 1.165) is 5.69 Å². The fourth-order valence-corrected chi connectivity index (χ4v) is 1.88. The lowest BCUT2D eigenvalue weighted by molar-refractivity contribution is 0.793. The van der Waals surface area contributed by atoms with E-state index in [1.807, 2.05) is 0 Å². The first-order valence-electron chi connectivity index (χ1n) is 5.75. The summed E-state index contributed by atoms with van der Waals surface area (Å²) in [7, 11) is 0. The zero-order valence-electron chi connectivity index (χ0n) is 10.4. The van der Waals surface area contributed by atoms with Crippen LogP contribution in [-0.4, -0.2) is 13.1 Å². The zero-order valence-corrected chi connectivity index (χ0v) is 10.4. The molecule has 0 aromatic heterocycles. The van der Waals surface area contributed by atoms with E-state index in [9.17, 15) is 0 Å². The van der Waals surface area contributed by atoms with Crippen molar-refractivity contribution in [2.75, 3.05) is 18.0 Å². The van der Waals surface area contributed by atoms with Crippen LogP contribution >= 0.6 is 0 Å². The predicted molar refractivity (Wildman–Crippen MR) is 68.6 cm³/mol. The van der Waals surface area contributed by atoms with Crippen LogP contribution in [0.3, 0.4) is 0 Å². The van der Waals surface area contributed by atoms with Gasteiger partial charge in [-0.1, -0.05) is 17.7 Å². The monoisotopic (exact) mass is 227 g/mol. The van der Waals surface area contributed by atoms with Crippen molar-refractivity contribution in [1.82, 2.24) is 0 Å². The van der Waals surface area contributed by atoms with Crippen LogP contribution in [-0.2, 0) is 0 Å². The highest BCUT2D eigenvalue weighted by Gasteiger charge is 2.08. The first kappa shape index (κ1) is 13.1. The van der Waals surface area contributed by atoms with E-state index in [2.05, 4.69) is 49.1 Å². The molecule has 0 aliphatic carbocycles. The molecular formula is C14H17N3. The van der Waals surface area contributed by atoms with E-state index in [1.165, 1.54) is 11.1 Å². The predicted octanol–water partition coefficient (Wildman–Crippen LogP) is 2.94. The highest BCUT2D eigenvalue weighted by atomic mass is 15.1. The molecule has 0 N–H and O–H groups in total. The molecule has 1 aromatic carbocycles. The number of benzene rings is 1. The van der Waals surface area contributed by atoms with Crippen LogP contribution in [0.2, 0.25) is 0 Å². The molecule has 3 nitrogen and oxygen atoms in total. The molecule has 0 saturated heterocycles. The summed E-state index contributed by atoms with van der Waals surface area (Å²) in [6.45, 7) is 5.49. The second-order valence-electron chi connectivity index (χ2n) is 4.09. The first-order chi connectivity index (χ1) is 8.19. The van der Waals surface area contributed by atoms with Crippen LogP contribution in [0.25, 0.3) is 0 Å². The van der Waals surface area contributed by atoms with Gasteiger partial charge in [0.15, 0.2) is 0 Å². The van der Waals surface area contributed by atoms with E-state index in [0.29, 0.717) is 25.9 Å². The summed E-state index contributed by atoms with van der Waals surface area (Å²) in [6.07, 6.45) is 0.970. The Morgan fingerprint density at radius 3 is 2.12 bits per heavy atom. The molecule has 0 bridgehead atoms. The minimum Gasteiger partial charge on any atom is -0.369 e. The fraction of sp³-hybridized carbons (Fsp3) is 0.429. The number of rotatable bonds is 5. The second-order valence-corrected chi connectivity index (χ2v) is 4.09. The van der Waals surface area contributed by atoms with Gasteiger partial charge in [0, 0.05) is 18.8 Å². The Kier molecular flexibility index (Phi) is 5.04. The zero-order chi connectivity index (χ0) is 12.7. The molecule has 0 aliphatic rings. The maximum absolute atomic E-state index is 8.66. The Morgan fingerprint density at radius 1 is 1.06 bits per heavy atom.